The van der Waals surface area contributed by atoms with Crippen LogP contribution in [-0.2, 0) is 6.18 Å². The first kappa shape index (κ1) is 15.8. The van der Waals surface area contributed by atoms with E-state index >= 15 is 0 Å². The molecule has 0 saturated carbocycles. The molecule has 1 aromatic carbocycles. The SMILES string of the molecule is CC1CCC(C)N(C(=O)c2cccc(C(F)(F)F)c2F)C1. The molecule has 21 heavy (non-hydrogen) atoms. The second kappa shape index (κ2) is 5.66. The monoisotopic (exact) mass is 303 g/mol. The predicted molar refractivity (Wildman–Crippen MR) is 70.3 cm³/mol. The lowest BCUT2D eigenvalue weighted by molar-refractivity contribution is -0.140. The minimum Gasteiger partial charge on any atom is -0.336 e. The number of rotatable bonds is 1. The maximum atomic E-state index is 14.0. The fourth-order valence-electron chi connectivity index (χ4n) is 2.64. The zero-order valence-electron chi connectivity index (χ0n) is 11.9. The molecule has 0 spiro atoms. The van der Waals surface area contributed by atoms with Gasteiger partial charge in [0.05, 0.1) is 11.1 Å². The van der Waals surface area contributed by atoms with E-state index in [0.29, 0.717) is 12.6 Å². The minimum absolute atomic E-state index is 0.0948. The van der Waals surface area contributed by atoms with Crippen molar-refractivity contribution in [2.45, 2.75) is 38.9 Å². The smallest absolute Gasteiger partial charge is 0.336 e. The Morgan fingerprint density at radius 2 is 1.90 bits per heavy atom. The molecule has 1 amide bonds. The van der Waals surface area contributed by atoms with Gasteiger partial charge < -0.3 is 4.90 Å². The number of amides is 1. The number of alkyl halides is 3. The van der Waals surface area contributed by atoms with Gasteiger partial charge in [-0.1, -0.05) is 13.0 Å². The van der Waals surface area contributed by atoms with Crippen LogP contribution in [0.2, 0.25) is 0 Å². The summed E-state index contributed by atoms with van der Waals surface area (Å²) in [5.41, 5.74) is -1.91. The highest BCUT2D eigenvalue weighted by atomic mass is 19.4. The summed E-state index contributed by atoms with van der Waals surface area (Å²) in [5.74, 6) is -1.89. The van der Waals surface area contributed by atoms with Gasteiger partial charge in [0.15, 0.2) is 0 Å². The Labute approximate surface area is 120 Å². The third kappa shape index (κ3) is 3.19. The van der Waals surface area contributed by atoms with Gasteiger partial charge in [0.25, 0.3) is 5.91 Å². The summed E-state index contributed by atoms with van der Waals surface area (Å²) in [7, 11) is 0. The van der Waals surface area contributed by atoms with Crippen LogP contribution in [0.1, 0.15) is 42.6 Å². The van der Waals surface area contributed by atoms with E-state index in [-0.39, 0.29) is 12.0 Å². The van der Waals surface area contributed by atoms with Crippen molar-refractivity contribution in [3.05, 3.63) is 35.1 Å². The van der Waals surface area contributed by atoms with Gasteiger partial charge in [0.2, 0.25) is 0 Å². The third-order valence-electron chi connectivity index (χ3n) is 3.91. The van der Waals surface area contributed by atoms with E-state index in [4.69, 9.17) is 0 Å². The van der Waals surface area contributed by atoms with Gasteiger partial charge in [0.1, 0.15) is 5.82 Å². The molecule has 1 aromatic rings. The van der Waals surface area contributed by atoms with Crippen molar-refractivity contribution < 1.29 is 22.4 Å². The first-order valence-electron chi connectivity index (χ1n) is 6.88. The van der Waals surface area contributed by atoms with Crippen LogP contribution in [0.3, 0.4) is 0 Å². The lowest BCUT2D eigenvalue weighted by Gasteiger charge is -2.37. The van der Waals surface area contributed by atoms with Crippen LogP contribution in [0.4, 0.5) is 17.6 Å². The second-order valence-corrected chi connectivity index (χ2v) is 5.65. The van der Waals surface area contributed by atoms with Crippen molar-refractivity contribution in [1.82, 2.24) is 4.90 Å². The number of piperidine rings is 1. The number of likely N-dealkylation sites (tertiary alicyclic amines) is 1. The molecule has 0 radical (unpaired) electrons. The van der Waals surface area contributed by atoms with E-state index < -0.39 is 29.0 Å². The summed E-state index contributed by atoms with van der Waals surface area (Å²) in [6.07, 6.45) is -3.08. The third-order valence-corrected chi connectivity index (χ3v) is 3.91. The lowest BCUT2D eigenvalue weighted by Crippen LogP contribution is -2.45. The number of nitrogens with zero attached hydrogens (tertiary/aromatic N) is 1. The lowest BCUT2D eigenvalue weighted by atomic mass is 9.94. The number of carbonyl (C=O) groups excluding carboxylic acids is 1. The van der Waals surface area contributed by atoms with Crippen molar-refractivity contribution in [2.75, 3.05) is 6.54 Å². The molecule has 0 aliphatic carbocycles. The topological polar surface area (TPSA) is 20.3 Å². The van der Waals surface area contributed by atoms with E-state index in [0.717, 1.165) is 25.0 Å². The molecule has 1 heterocycles. The molecule has 0 bridgehead atoms. The summed E-state index contributed by atoms with van der Waals surface area (Å²) in [6.45, 7) is 4.24. The molecule has 1 aliphatic rings. The predicted octanol–water partition coefficient (Wildman–Crippen LogP) is 4.11. The summed E-state index contributed by atoms with van der Waals surface area (Å²) in [6, 6.07) is 2.73. The molecule has 6 heteroatoms. The molecule has 0 aromatic heterocycles. The van der Waals surface area contributed by atoms with E-state index in [1.54, 1.807) is 0 Å². The largest absolute Gasteiger partial charge is 0.419 e. The van der Waals surface area contributed by atoms with Crippen LogP contribution in [-0.4, -0.2) is 23.4 Å². The average molecular weight is 303 g/mol. The van der Waals surface area contributed by atoms with Crippen LogP contribution in [0, 0.1) is 11.7 Å². The number of halogens is 4. The highest BCUT2D eigenvalue weighted by Crippen LogP contribution is 2.33. The summed E-state index contributed by atoms with van der Waals surface area (Å²) < 4.78 is 52.2. The number of benzene rings is 1. The zero-order chi connectivity index (χ0) is 15.8. The maximum Gasteiger partial charge on any atom is 0.419 e. The van der Waals surface area contributed by atoms with Crippen LogP contribution >= 0.6 is 0 Å². The van der Waals surface area contributed by atoms with Crippen molar-refractivity contribution >= 4 is 5.91 Å². The standard InChI is InChI=1S/C15H17F4NO/c1-9-6-7-10(2)20(8-9)14(21)11-4-3-5-12(13(11)16)15(17,18)19/h3-5,9-10H,6-8H2,1-2H3. The van der Waals surface area contributed by atoms with E-state index in [9.17, 15) is 22.4 Å². The Kier molecular flexibility index (Phi) is 4.25. The summed E-state index contributed by atoms with van der Waals surface area (Å²) >= 11 is 0. The maximum absolute atomic E-state index is 14.0. The van der Waals surface area contributed by atoms with Crippen LogP contribution in [0.15, 0.2) is 18.2 Å². The molecule has 2 rings (SSSR count). The van der Waals surface area contributed by atoms with E-state index in [1.807, 2.05) is 13.8 Å². The average Bonchev–Trinajstić information content (AvgIpc) is 2.39. The minimum atomic E-state index is -4.80. The fourth-order valence-corrected chi connectivity index (χ4v) is 2.64. The fraction of sp³-hybridized carbons (Fsp3) is 0.533. The molecule has 1 fully saturated rings. The zero-order valence-corrected chi connectivity index (χ0v) is 11.9. The molecule has 2 unspecified atom stereocenters. The number of hydrogen-bond acceptors (Lipinski definition) is 1. The van der Waals surface area contributed by atoms with Gasteiger partial charge in [-0.25, -0.2) is 4.39 Å². The quantitative estimate of drug-likeness (QED) is 0.715. The normalized spacial score (nSPS) is 23.2. The molecule has 116 valence electrons. The Morgan fingerprint density at radius 3 is 2.52 bits per heavy atom. The van der Waals surface area contributed by atoms with E-state index in [1.165, 1.54) is 4.90 Å². The molecular formula is C15H17F4NO. The van der Waals surface area contributed by atoms with Gasteiger partial charge in [-0.2, -0.15) is 13.2 Å². The molecular weight excluding hydrogens is 286 g/mol. The molecule has 0 N–H and O–H groups in total. The second-order valence-electron chi connectivity index (χ2n) is 5.65. The Hall–Kier alpha value is -1.59. The summed E-state index contributed by atoms with van der Waals surface area (Å²) in [5, 5.41) is 0. The van der Waals surface area contributed by atoms with Gasteiger partial charge in [0, 0.05) is 12.6 Å². The Balaban J connectivity index is 2.35. The van der Waals surface area contributed by atoms with Crippen molar-refractivity contribution in [3.8, 4) is 0 Å². The van der Waals surface area contributed by atoms with Crippen molar-refractivity contribution in [3.63, 3.8) is 0 Å². The highest BCUT2D eigenvalue weighted by molar-refractivity contribution is 5.95. The molecule has 2 atom stereocenters. The highest BCUT2D eigenvalue weighted by Gasteiger charge is 2.37. The van der Waals surface area contributed by atoms with Gasteiger partial charge >= 0.3 is 6.18 Å². The van der Waals surface area contributed by atoms with Crippen LogP contribution in [0.25, 0.3) is 0 Å². The van der Waals surface area contributed by atoms with Crippen LogP contribution in [0.5, 0.6) is 0 Å². The summed E-state index contributed by atoms with van der Waals surface area (Å²) in [4.78, 5) is 13.8. The number of carbonyl (C=O) groups is 1. The number of hydrogen-bond donors (Lipinski definition) is 0. The molecule has 1 aliphatic heterocycles. The Morgan fingerprint density at radius 1 is 1.24 bits per heavy atom. The first-order valence-corrected chi connectivity index (χ1v) is 6.88. The Bertz CT molecular complexity index is 541. The van der Waals surface area contributed by atoms with Crippen molar-refractivity contribution in [2.24, 2.45) is 5.92 Å². The van der Waals surface area contributed by atoms with Gasteiger partial charge in [-0.05, 0) is 37.8 Å². The van der Waals surface area contributed by atoms with Gasteiger partial charge in [-0.3, -0.25) is 4.79 Å². The van der Waals surface area contributed by atoms with E-state index in [2.05, 4.69) is 0 Å². The van der Waals surface area contributed by atoms with Gasteiger partial charge in [-0.15, -0.1) is 0 Å². The molecule has 2 nitrogen and oxygen atoms in total. The van der Waals surface area contributed by atoms with Crippen molar-refractivity contribution in [1.29, 1.82) is 0 Å². The van der Waals surface area contributed by atoms with Crippen LogP contribution < -0.4 is 0 Å². The molecule has 1 saturated heterocycles. The first-order chi connectivity index (χ1) is 9.71.